The summed E-state index contributed by atoms with van der Waals surface area (Å²) in [6.07, 6.45) is 1.67. The second-order valence-corrected chi connectivity index (χ2v) is 3.53. The zero-order valence-electron chi connectivity index (χ0n) is 10.3. The number of nitrogens with one attached hydrogen (secondary N) is 2. The maximum Gasteiger partial charge on any atom is 0.239 e. The molecule has 7 heteroatoms. The van der Waals surface area contributed by atoms with E-state index in [1.165, 1.54) is 0 Å². The van der Waals surface area contributed by atoms with Crippen LogP contribution in [-0.4, -0.2) is 36.0 Å². The number of hydrogen-bond acceptors (Lipinski definition) is 6. The van der Waals surface area contributed by atoms with Gasteiger partial charge in [-0.1, -0.05) is 0 Å². The van der Waals surface area contributed by atoms with Crippen molar-refractivity contribution < 1.29 is 4.79 Å². The third-order valence-electron chi connectivity index (χ3n) is 2.37. The van der Waals surface area contributed by atoms with Crippen LogP contribution < -0.4 is 21.5 Å². The summed E-state index contributed by atoms with van der Waals surface area (Å²) in [6.45, 7) is 4.78. The Labute approximate surface area is 100 Å². The Morgan fingerprint density at radius 3 is 2.82 bits per heavy atom. The van der Waals surface area contributed by atoms with Gasteiger partial charge >= 0.3 is 0 Å². The third kappa shape index (κ3) is 3.28. The molecule has 7 nitrogen and oxygen atoms in total. The molecule has 1 aromatic heterocycles. The molecule has 17 heavy (non-hydrogen) atoms. The molecule has 1 heterocycles. The first-order chi connectivity index (χ1) is 8.12. The number of aromatic nitrogens is 2. The molecule has 0 unspecified atom stereocenters. The Bertz CT molecular complexity index is 394. The molecule has 0 aliphatic heterocycles. The van der Waals surface area contributed by atoms with Crippen LogP contribution in [0.5, 0.6) is 0 Å². The zero-order valence-corrected chi connectivity index (χ0v) is 10.3. The van der Waals surface area contributed by atoms with Crippen LogP contribution in [-0.2, 0) is 4.79 Å². The number of aryl methyl sites for hydroxylation is 1. The third-order valence-corrected chi connectivity index (χ3v) is 2.37. The summed E-state index contributed by atoms with van der Waals surface area (Å²) >= 11 is 0. The van der Waals surface area contributed by atoms with E-state index in [0.717, 1.165) is 5.56 Å². The van der Waals surface area contributed by atoms with Crippen molar-refractivity contribution in [3.8, 4) is 0 Å². The highest BCUT2D eigenvalue weighted by atomic mass is 16.1. The van der Waals surface area contributed by atoms with Gasteiger partial charge in [0, 0.05) is 25.4 Å². The number of carbonyl (C=O) groups excluding carboxylic acids is 1. The van der Waals surface area contributed by atoms with E-state index in [1.54, 1.807) is 13.2 Å². The summed E-state index contributed by atoms with van der Waals surface area (Å²) in [5.41, 5.74) is 3.29. The van der Waals surface area contributed by atoms with E-state index in [4.69, 9.17) is 5.84 Å². The first-order valence-corrected chi connectivity index (χ1v) is 5.38. The van der Waals surface area contributed by atoms with Gasteiger partial charge in [0.15, 0.2) is 0 Å². The van der Waals surface area contributed by atoms with E-state index in [2.05, 4.69) is 20.7 Å². The normalized spacial score (nSPS) is 9.88. The molecule has 0 bridgehead atoms. The molecule has 0 radical (unpaired) electrons. The predicted molar refractivity (Wildman–Crippen MR) is 66.5 cm³/mol. The van der Waals surface area contributed by atoms with Gasteiger partial charge in [-0.05, 0) is 13.8 Å². The van der Waals surface area contributed by atoms with E-state index in [9.17, 15) is 4.79 Å². The number of nitrogens with zero attached hydrogens (tertiary/aromatic N) is 3. The van der Waals surface area contributed by atoms with E-state index in [-0.39, 0.29) is 12.5 Å². The number of likely N-dealkylation sites (N-methyl/N-ethyl adjacent to an activating group) is 2. The number of hydrazine groups is 1. The molecule has 0 fully saturated rings. The average molecular weight is 238 g/mol. The van der Waals surface area contributed by atoms with Gasteiger partial charge in [-0.3, -0.25) is 10.2 Å². The zero-order chi connectivity index (χ0) is 12.8. The molecule has 0 atom stereocenters. The minimum absolute atomic E-state index is 0.0629. The van der Waals surface area contributed by atoms with Crippen molar-refractivity contribution in [2.75, 3.05) is 30.5 Å². The number of amides is 1. The Morgan fingerprint density at radius 1 is 1.59 bits per heavy atom. The number of nitrogen functional groups attached to an aromatic ring is 1. The van der Waals surface area contributed by atoms with Gasteiger partial charge in [-0.15, -0.1) is 0 Å². The summed E-state index contributed by atoms with van der Waals surface area (Å²) in [6, 6.07) is 0. The van der Waals surface area contributed by atoms with Crippen LogP contribution in [0.15, 0.2) is 6.20 Å². The number of hydrogen-bond donors (Lipinski definition) is 3. The molecule has 4 N–H and O–H groups in total. The topological polar surface area (TPSA) is 96.2 Å². The molecule has 0 aliphatic carbocycles. The van der Waals surface area contributed by atoms with Crippen LogP contribution in [0.2, 0.25) is 0 Å². The van der Waals surface area contributed by atoms with Crippen molar-refractivity contribution in [1.29, 1.82) is 0 Å². The maximum absolute atomic E-state index is 11.4. The van der Waals surface area contributed by atoms with Crippen molar-refractivity contribution >= 4 is 17.7 Å². The van der Waals surface area contributed by atoms with Crippen LogP contribution in [0.4, 0.5) is 11.8 Å². The summed E-state index contributed by atoms with van der Waals surface area (Å²) in [7, 11) is 1.61. The minimum Gasteiger partial charge on any atom is -0.358 e. The Balaban J connectivity index is 2.97. The lowest BCUT2D eigenvalue weighted by atomic mass is 10.3. The molecule has 0 saturated carbocycles. The quantitative estimate of drug-likeness (QED) is 0.479. The smallest absolute Gasteiger partial charge is 0.239 e. The van der Waals surface area contributed by atoms with Gasteiger partial charge in [0.2, 0.25) is 11.9 Å². The highest BCUT2D eigenvalue weighted by molar-refractivity contribution is 5.80. The molecule has 0 spiro atoms. The Hall–Kier alpha value is -1.89. The standard InChI is InChI=1S/C10H18N6O/c1-4-16(6-8(17)12-3)9-7(2)5-13-10(14-9)15-11/h5H,4,6,11H2,1-3H3,(H,12,17)(H,13,14,15). The fourth-order valence-electron chi connectivity index (χ4n) is 1.41. The summed E-state index contributed by atoms with van der Waals surface area (Å²) < 4.78 is 0. The fraction of sp³-hybridized carbons (Fsp3) is 0.500. The highest BCUT2D eigenvalue weighted by Crippen LogP contribution is 2.17. The monoisotopic (exact) mass is 238 g/mol. The lowest BCUT2D eigenvalue weighted by Gasteiger charge is -2.22. The van der Waals surface area contributed by atoms with Crippen molar-refractivity contribution in [1.82, 2.24) is 15.3 Å². The molecule has 94 valence electrons. The summed E-state index contributed by atoms with van der Waals surface area (Å²) in [5.74, 6) is 6.24. The first-order valence-electron chi connectivity index (χ1n) is 5.38. The van der Waals surface area contributed by atoms with Crippen LogP contribution in [0.3, 0.4) is 0 Å². The second kappa shape index (κ2) is 6.00. The van der Waals surface area contributed by atoms with Crippen molar-refractivity contribution in [2.45, 2.75) is 13.8 Å². The van der Waals surface area contributed by atoms with Crippen LogP contribution in [0.1, 0.15) is 12.5 Å². The van der Waals surface area contributed by atoms with Crippen LogP contribution in [0, 0.1) is 6.92 Å². The lowest BCUT2D eigenvalue weighted by molar-refractivity contribution is -0.119. The average Bonchev–Trinajstić information content (AvgIpc) is 2.36. The molecule has 0 saturated heterocycles. The van der Waals surface area contributed by atoms with Crippen molar-refractivity contribution in [3.05, 3.63) is 11.8 Å². The maximum atomic E-state index is 11.4. The number of anilines is 2. The van der Waals surface area contributed by atoms with E-state index < -0.39 is 0 Å². The number of nitrogens with two attached hydrogens (primary N) is 1. The Kier molecular flexibility index (Phi) is 4.65. The lowest BCUT2D eigenvalue weighted by Crippen LogP contribution is -2.36. The molecule has 0 aromatic carbocycles. The molecule has 1 aromatic rings. The number of carbonyl (C=O) groups is 1. The van der Waals surface area contributed by atoms with Crippen molar-refractivity contribution in [3.63, 3.8) is 0 Å². The summed E-state index contributed by atoms with van der Waals surface area (Å²) in [5, 5.41) is 2.58. The summed E-state index contributed by atoms with van der Waals surface area (Å²) in [4.78, 5) is 21.5. The molecular formula is C10H18N6O. The second-order valence-electron chi connectivity index (χ2n) is 3.53. The highest BCUT2D eigenvalue weighted by Gasteiger charge is 2.13. The van der Waals surface area contributed by atoms with Gasteiger partial charge in [0.05, 0.1) is 6.54 Å². The SMILES string of the molecule is CCN(CC(=O)NC)c1nc(NN)ncc1C. The first kappa shape index (κ1) is 13.2. The van der Waals surface area contributed by atoms with Crippen LogP contribution in [0.25, 0.3) is 0 Å². The molecule has 1 amide bonds. The molecule has 1 rings (SSSR count). The van der Waals surface area contributed by atoms with Crippen LogP contribution >= 0.6 is 0 Å². The van der Waals surface area contributed by atoms with E-state index in [0.29, 0.717) is 18.3 Å². The largest absolute Gasteiger partial charge is 0.358 e. The minimum atomic E-state index is -0.0629. The molecular weight excluding hydrogens is 220 g/mol. The van der Waals surface area contributed by atoms with Gasteiger partial charge in [0.1, 0.15) is 5.82 Å². The molecule has 0 aliphatic rings. The predicted octanol–water partition coefficient (Wildman–Crippen LogP) is -0.357. The van der Waals surface area contributed by atoms with Gasteiger partial charge in [-0.25, -0.2) is 10.8 Å². The van der Waals surface area contributed by atoms with Gasteiger partial charge in [0.25, 0.3) is 0 Å². The van der Waals surface area contributed by atoms with E-state index in [1.807, 2.05) is 18.7 Å². The van der Waals surface area contributed by atoms with E-state index >= 15 is 0 Å². The van der Waals surface area contributed by atoms with Crippen molar-refractivity contribution in [2.24, 2.45) is 5.84 Å². The van der Waals surface area contributed by atoms with Gasteiger partial charge in [-0.2, -0.15) is 4.98 Å². The number of rotatable bonds is 5. The van der Waals surface area contributed by atoms with Gasteiger partial charge < -0.3 is 10.2 Å². The Morgan fingerprint density at radius 2 is 2.29 bits per heavy atom. The fourth-order valence-corrected chi connectivity index (χ4v) is 1.41.